The summed E-state index contributed by atoms with van der Waals surface area (Å²) in [6, 6.07) is 3.71. The predicted molar refractivity (Wildman–Crippen MR) is 127 cm³/mol. The normalized spacial score (nSPS) is 31.7. The molecule has 2 aliphatic heterocycles. The van der Waals surface area contributed by atoms with Crippen LogP contribution in [-0.4, -0.2) is 68.1 Å². The number of hydrogen-bond acceptors (Lipinski definition) is 5. The van der Waals surface area contributed by atoms with Crippen LogP contribution >= 0.6 is 0 Å². The minimum absolute atomic E-state index is 0.0317. The maximum atomic E-state index is 13.6. The second kappa shape index (κ2) is 8.51. The van der Waals surface area contributed by atoms with Gasteiger partial charge in [-0.15, -0.1) is 0 Å². The van der Waals surface area contributed by atoms with Gasteiger partial charge >= 0.3 is 0 Å². The molecule has 5 fully saturated rings. The van der Waals surface area contributed by atoms with Crippen molar-refractivity contribution in [3.63, 3.8) is 0 Å². The summed E-state index contributed by atoms with van der Waals surface area (Å²) in [6.07, 6.45) is 10.7. The standard InChI is InChI=1S/C27H34N2O5/c1-32-22-13-18(14-23-25(22)34-9-8-33-23)2-3-24(30)28-4-6-29(7-5-28)26(31)27-15-19-10-20(16-27)12-21(11-19)17-27/h2-3,13-14,19-21H,4-12,15-17H2,1H3/b3-2+. The number of piperazine rings is 1. The Balaban J connectivity index is 1.07. The van der Waals surface area contributed by atoms with Crippen molar-refractivity contribution >= 4 is 17.9 Å². The van der Waals surface area contributed by atoms with Gasteiger partial charge in [-0.25, -0.2) is 0 Å². The van der Waals surface area contributed by atoms with Crippen LogP contribution in [0.5, 0.6) is 17.2 Å². The molecule has 0 unspecified atom stereocenters. The smallest absolute Gasteiger partial charge is 0.246 e. The van der Waals surface area contributed by atoms with Gasteiger partial charge in [-0.05, 0) is 80.1 Å². The molecule has 6 aliphatic rings. The molecule has 2 amide bonds. The molecule has 182 valence electrons. The summed E-state index contributed by atoms with van der Waals surface area (Å²) in [5.41, 5.74) is 0.725. The monoisotopic (exact) mass is 466 g/mol. The number of benzene rings is 1. The molecule has 7 rings (SSSR count). The third kappa shape index (κ3) is 3.83. The number of rotatable bonds is 4. The number of amides is 2. The van der Waals surface area contributed by atoms with Crippen LogP contribution in [0, 0.1) is 23.2 Å². The molecule has 1 aromatic carbocycles. The van der Waals surface area contributed by atoms with E-state index in [9.17, 15) is 9.59 Å². The lowest BCUT2D eigenvalue weighted by molar-refractivity contribution is -0.160. The van der Waals surface area contributed by atoms with Crippen LogP contribution < -0.4 is 14.2 Å². The second-order valence-corrected chi connectivity index (χ2v) is 10.9. The first-order valence-electron chi connectivity index (χ1n) is 12.8. The molecule has 34 heavy (non-hydrogen) atoms. The third-order valence-corrected chi connectivity index (χ3v) is 8.64. The van der Waals surface area contributed by atoms with Crippen molar-refractivity contribution in [2.75, 3.05) is 46.5 Å². The van der Waals surface area contributed by atoms with E-state index in [-0.39, 0.29) is 11.3 Å². The number of ether oxygens (including phenoxy) is 3. The molecule has 7 nitrogen and oxygen atoms in total. The van der Waals surface area contributed by atoms with E-state index in [0.29, 0.717) is 62.5 Å². The van der Waals surface area contributed by atoms with Gasteiger partial charge in [-0.3, -0.25) is 9.59 Å². The van der Waals surface area contributed by atoms with Crippen molar-refractivity contribution < 1.29 is 23.8 Å². The van der Waals surface area contributed by atoms with Crippen molar-refractivity contribution in [2.45, 2.75) is 38.5 Å². The zero-order valence-electron chi connectivity index (χ0n) is 20.0. The number of fused-ring (bicyclic) bond motifs is 1. The van der Waals surface area contributed by atoms with E-state index < -0.39 is 0 Å². The van der Waals surface area contributed by atoms with Gasteiger partial charge in [0, 0.05) is 32.3 Å². The molecular formula is C27H34N2O5. The van der Waals surface area contributed by atoms with Crippen molar-refractivity contribution in [1.29, 1.82) is 0 Å². The molecule has 0 atom stereocenters. The Labute approximate surface area is 201 Å². The molecular weight excluding hydrogens is 432 g/mol. The maximum absolute atomic E-state index is 13.6. The van der Waals surface area contributed by atoms with Gasteiger partial charge in [0.25, 0.3) is 0 Å². The van der Waals surface area contributed by atoms with E-state index in [1.165, 1.54) is 19.3 Å². The summed E-state index contributed by atoms with van der Waals surface area (Å²) in [5, 5.41) is 0. The number of methoxy groups -OCH3 is 1. The number of nitrogens with zero attached hydrogens (tertiary/aromatic N) is 2. The Morgan fingerprint density at radius 1 is 0.941 bits per heavy atom. The van der Waals surface area contributed by atoms with E-state index in [0.717, 1.165) is 42.6 Å². The summed E-state index contributed by atoms with van der Waals surface area (Å²) < 4.78 is 16.8. The quantitative estimate of drug-likeness (QED) is 0.637. The van der Waals surface area contributed by atoms with E-state index in [4.69, 9.17) is 14.2 Å². The first-order chi connectivity index (χ1) is 16.5. The van der Waals surface area contributed by atoms with Crippen LogP contribution in [0.2, 0.25) is 0 Å². The number of carbonyl (C=O) groups excluding carboxylic acids is 2. The van der Waals surface area contributed by atoms with E-state index >= 15 is 0 Å². The Morgan fingerprint density at radius 2 is 1.56 bits per heavy atom. The molecule has 4 saturated carbocycles. The highest BCUT2D eigenvalue weighted by Crippen LogP contribution is 2.60. The molecule has 7 heteroatoms. The SMILES string of the molecule is COc1cc(/C=C/C(=O)N2CCN(C(=O)C34CC5CC(CC(C5)C3)C4)CC2)cc2c1OCCO2. The Kier molecular flexibility index (Phi) is 5.46. The van der Waals surface area contributed by atoms with Crippen LogP contribution in [0.1, 0.15) is 44.1 Å². The average molecular weight is 467 g/mol. The van der Waals surface area contributed by atoms with E-state index in [2.05, 4.69) is 0 Å². The average Bonchev–Trinajstić information content (AvgIpc) is 2.85. The first kappa shape index (κ1) is 21.8. The molecule has 4 bridgehead atoms. The molecule has 1 aromatic rings. The highest BCUT2D eigenvalue weighted by atomic mass is 16.6. The van der Waals surface area contributed by atoms with Gasteiger partial charge in [0.15, 0.2) is 11.5 Å². The van der Waals surface area contributed by atoms with Gasteiger partial charge in [0.05, 0.1) is 12.5 Å². The molecule has 4 aliphatic carbocycles. The second-order valence-electron chi connectivity index (χ2n) is 10.9. The van der Waals surface area contributed by atoms with Gasteiger partial charge in [-0.2, -0.15) is 0 Å². The Morgan fingerprint density at radius 3 is 2.21 bits per heavy atom. The summed E-state index contributed by atoms with van der Waals surface area (Å²) in [5.74, 6) is 4.48. The fraction of sp³-hybridized carbons (Fsp3) is 0.630. The highest BCUT2D eigenvalue weighted by Gasteiger charge is 2.55. The molecule has 2 heterocycles. The molecule has 0 spiro atoms. The Hall–Kier alpha value is -2.70. The summed E-state index contributed by atoms with van der Waals surface area (Å²) in [6.45, 7) is 3.44. The van der Waals surface area contributed by atoms with Crippen molar-refractivity contribution in [2.24, 2.45) is 23.2 Å². The third-order valence-electron chi connectivity index (χ3n) is 8.64. The van der Waals surface area contributed by atoms with Crippen molar-refractivity contribution in [1.82, 2.24) is 9.80 Å². The van der Waals surface area contributed by atoms with Crippen LogP contribution in [0.4, 0.5) is 0 Å². The lowest BCUT2D eigenvalue weighted by atomic mass is 9.49. The minimum Gasteiger partial charge on any atom is -0.493 e. The van der Waals surface area contributed by atoms with Gasteiger partial charge < -0.3 is 24.0 Å². The lowest BCUT2D eigenvalue weighted by Crippen LogP contribution is -2.58. The molecule has 0 aromatic heterocycles. The lowest BCUT2D eigenvalue weighted by Gasteiger charge is -2.57. The van der Waals surface area contributed by atoms with Crippen LogP contribution in [0.15, 0.2) is 18.2 Å². The topological polar surface area (TPSA) is 68.3 Å². The highest BCUT2D eigenvalue weighted by molar-refractivity contribution is 5.92. The zero-order chi connectivity index (χ0) is 23.3. The van der Waals surface area contributed by atoms with E-state index in [1.807, 2.05) is 21.9 Å². The summed E-state index contributed by atoms with van der Waals surface area (Å²) >= 11 is 0. The van der Waals surface area contributed by atoms with Crippen LogP contribution in [-0.2, 0) is 9.59 Å². The molecule has 0 radical (unpaired) electrons. The van der Waals surface area contributed by atoms with Gasteiger partial charge in [0.2, 0.25) is 17.6 Å². The predicted octanol–water partition coefficient (Wildman–Crippen LogP) is 3.37. The first-order valence-corrected chi connectivity index (χ1v) is 12.8. The minimum atomic E-state index is -0.0991. The van der Waals surface area contributed by atoms with Crippen LogP contribution in [0.25, 0.3) is 6.08 Å². The van der Waals surface area contributed by atoms with Gasteiger partial charge in [0.1, 0.15) is 13.2 Å². The summed E-state index contributed by atoms with van der Waals surface area (Å²) in [7, 11) is 1.59. The fourth-order valence-electron chi connectivity index (χ4n) is 7.50. The Bertz CT molecular complexity index is 958. The zero-order valence-corrected chi connectivity index (χ0v) is 20.0. The fourth-order valence-corrected chi connectivity index (χ4v) is 7.50. The molecule has 1 saturated heterocycles. The maximum Gasteiger partial charge on any atom is 0.246 e. The van der Waals surface area contributed by atoms with Crippen LogP contribution in [0.3, 0.4) is 0 Å². The van der Waals surface area contributed by atoms with Gasteiger partial charge in [-0.1, -0.05) is 0 Å². The number of carbonyl (C=O) groups is 2. The van der Waals surface area contributed by atoms with Crippen molar-refractivity contribution in [3.05, 3.63) is 23.8 Å². The molecule has 0 N–H and O–H groups in total. The van der Waals surface area contributed by atoms with Crippen molar-refractivity contribution in [3.8, 4) is 17.2 Å². The largest absolute Gasteiger partial charge is 0.493 e. The number of hydrogen-bond donors (Lipinski definition) is 0. The van der Waals surface area contributed by atoms with E-state index in [1.54, 1.807) is 19.3 Å². The summed E-state index contributed by atoms with van der Waals surface area (Å²) in [4.78, 5) is 30.3.